The zero-order valence-electron chi connectivity index (χ0n) is 25.3. The average molecular weight is 546 g/mol. The Balaban J connectivity index is 1.87. The van der Waals surface area contributed by atoms with Gasteiger partial charge in [0.05, 0.1) is 17.2 Å². The van der Waals surface area contributed by atoms with Gasteiger partial charge in [0.1, 0.15) is 11.3 Å². The maximum absolute atomic E-state index is 13.9. The Morgan fingerprint density at radius 3 is 2.20 bits per heavy atom. The molecule has 3 aromatic rings. The summed E-state index contributed by atoms with van der Waals surface area (Å²) < 4.78 is 11.7. The van der Waals surface area contributed by atoms with Crippen LogP contribution in [0.5, 0.6) is 0 Å². The molecule has 2 aromatic carbocycles. The monoisotopic (exact) mass is 545 g/mol. The Labute approximate surface area is 240 Å². The Bertz CT molecular complexity index is 1270. The minimum absolute atomic E-state index is 0.0854. The fraction of sp³-hybridized carbons (Fsp3) is 0.486. The molecule has 5 heteroatoms. The van der Waals surface area contributed by atoms with Gasteiger partial charge in [0, 0.05) is 23.9 Å². The molecule has 0 amide bonds. The molecule has 0 saturated heterocycles. The van der Waals surface area contributed by atoms with E-state index < -0.39 is 0 Å². The number of ether oxygens (including phenoxy) is 1. The fourth-order valence-corrected chi connectivity index (χ4v) is 4.84. The van der Waals surface area contributed by atoms with Crippen LogP contribution in [0, 0.1) is 6.92 Å². The SMILES string of the molecule is CCCCc1oc2cc(C)c(C(=O)OC(C)C)cc2c1C(=O)c1ccc(/C=C\CN(CCCC)CCCC)cc1. The van der Waals surface area contributed by atoms with Crippen molar-refractivity contribution in [3.63, 3.8) is 0 Å². The number of unbranched alkanes of at least 4 members (excludes halogenated alkanes) is 3. The molecule has 0 atom stereocenters. The third-order valence-corrected chi connectivity index (χ3v) is 7.16. The molecule has 1 heterocycles. The molecule has 0 radical (unpaired) electrons. The first-order chi connectivity index (χ1) is 19.3. The van der Waals surface area contributed by atoms with Crippen molar-refractivity contribution in [2.24, 2.45) is 0 Å². The minimum Gasteiger partial charge on any atom is -0.460 e. The Hall–Kier alpha value is -3.18. The van der Waals surface area contributed by atoms with Crippen LogP contribution >= 0.6 is 0 Å². The van der Waals surface area contributed by atoms with Crippen molar-refractivity contribution < 1.29 is 18.7 Å². The van der Waals surface area contributed by atoms with Gasteiger partial charge in [-0.05, 0) is 76.4 Å². The van der Waals surface area contributed by atoms with Crippen LogP contribution in [0.2, 0.25) is 0 Å². The minimum atomic E-state index is -0.386. The molecule has 0 bridgehead atoms. The highest BCUT2D eigenvalue weighted by molar-refractivity contribution is 6.17. The number of fused-ring (bicyclic) bond motifs is 1. The van der Waals surface area contributed by atoms with Gasteiger partial charge in [-0.1, -0.05) is 76.5 Å². The molecule has 40 heavy (non-hydrogen) atoms. The lowest BCUT2D eigenvalue weighted by atomic mass is 9.95. The summed E-state index contributed by atoms with van der Waals surface area (Å²) in [6.07, 6.45) is 11.6. The van der Waals surface area contributed by atoms with E-state index in [1.54, 1.807) is 6.07 Å². The summed E-state index contributed by atoms with van der Waals surface area (Å²) in [4.78, 5) is 29.1. The Morgan fingerprint density at radius 2 is 1.60 bits per heavy atom. The van der Waals surface area contributed by atoms with E-state index in [0.29, 0.717) is 39.8 Å². The van der Waals surface area contributed by atoms with E-state index in [2.05, 4.69) is 37.8 Å². The molecule has 1 aromatic heterocycles. The summed E-state index contributed by atoms with van der Waals surface area (Å²) in [5, 5.41) is 0.667. The van der Waals surface area contributed by atoms with Gasteiger partial charge in [-0.25, -0.2) is 4.79 Å². The largest absolute Gasteiger partial charge is 0.460 e. The summed E-state index contributed by atoms with van der Waals surface area (Å²) in [6, 6.07) is 11.4. The quantitative estimate of drug-likeness (QED) is 0.133. The lowest BCUT2D eigenvalue weighted by molar-refractivity contribution is 0.0377. The maximum Gasteiger partial charge on any atom is 0.338 e. The maximum atomic E-state index is 13.9. The number of benzene rings is 2. The smallest absolute Gasteiger partial charge is 0.338 e. The highest BCUT2D eigenvalue weighted by Gasteiger charge is 2.24. The molecule has 216 valence electrons. The lowest BCUT2D eigenvalue weighted by Crippen LogP contribution is -2.26. The molecule has 0 aliphatic rings. The Kier molecular flexibility index (Phi) is 12.2. The van der Waals surface area contributed by atoms with Crippen molar-refractivity contribution in [2.75, 3.05) is 19.6 Å². The molecule has 3 rings (SSSR count). The lowest BCUT2D eigenvalue weighted by Gasteiger charge is -2.19. The van der Waals surface area contributed by atoms with E-state index >= 15 is 0 Å². The Morgan fingerprint density at radius 1 is 0.950 bits per heavy atom. The first-order valence-electron chi connectivity index (χ1n) is 15.1. The number of hydrogen-bond donors (Lipinski definition) is 0. The van der Waals surface area contributed by atoms with Crippen molar-refractivity contribution in [1.29, 1.82) is 0 Å². The third kappa shape index (κ3) is 8.41. The number of nitrogens with zero attached hydrogens (tertiary/aromatic N) is 1. The van der Waals surface area contributed by atoms with E-state index in [1.807, 2.05) is 51.1 Å². The number of hydrogen-bond acceptors (Lipinski definition) is 5. The van der Waals surface area contributed by atoms with Crippen LogP contribution in [0.25, 0.3) is 17.0 Å². The molecule has 5 nitrogen and oxygen atoms in total. The van der Waals surface area contributed by atoms with Gasteiger partial charge < -0.3 is 9.15 Å². The molecule has 0 aliphatic heterocycles. The van der Waals surface area contributed by atoms with Crippen LogP contribution in [0.15, 0.2) is 46.9 Å². The molecular weight excluding hydrogens is 498 g/mol. The van der Waals surface area contributed by atoms with Crippen LogP contribution in [-0.2, 0) is 11.2 Å². The van der Waals surface area contributed by atoms with Crippen molar-refractivity contribution >= 4 is 28.8 Å². The molecule has 0 fully saturated rings. The molecule has 0 saturated carbocycles. The van der Waals surface area contributed by atoms with Crippen molar-refractivity contribution in [3.8, 4) is 0 Å². The molecule has 0 aliphatic carbocycles. The van der Waals surface area contributed by atoms with Gasteiger partial charge in [-0.3, -0.25) is 9.69 Å². The van der Waals surface area contributed by atoms with Gasteiger partial charge in [0.15, 0.2) is 5.78 Å². The van der Waals surface area contributed by atoms with Gasteiger partial charge >= 0.3 is 5.97 Å². The van der Waals surface area contributed by atoms with E-state index in [1.165, 1.54) is 25.7 Å². The van der Waals surface area contributed by atoms with E-state index in [9.17, 15) is 9.59 Å². The van der Waals surface area contributed by atoms with E-state index in [4.69, 9.17) is 9.15 Å². The predicted octanol–water partition coefficient (Wildman–Crippen LogP) is 8.80. The number of carbonyl (C=O) groups is 2. The van der Waals surface area contributed by atoms with Crippen LogP contribution in [-0.4, -0.2) is 42.4 Å². The first kappa shape index (κ1) is 31.3. The summed E-state index contributed by atoms with van der Waals surface area (Å²) in [6.45, 7) is 15.3. The molecule has 0 spiro atoms. The second kappa shape index (κ2) is 15.6. The van der Waals surface area contributed by atoms with Crippen LogP contribution in [0.4, 0.5) is 0 Å². The summed E-state index contributed by atoms with van der Waals surface area (Å²) in [5.74, 6) is 0.208. The normalized spacial score (nSPS) is 11.8. The summed E-state index contributed by atoms with van der Waals surface area (Å²) >= 11 is 0. The predicted molar refractivity (Wildman–Crippen MR) is 165 cm³/mol. The zero-order chi connectivity index (χ0) is 29.1. The average Bonchev–Trinajstić information content (AvgIpc) is 3.28. The number of ketones is 1. The fourth-order valence-electron chi connectivity index (χ4n) is 4.84. The van der Waals surface area contributed by atoms with Crippen molar-refractivity contribution in [2.45, 2.75) is 92.6 Å². The zero-order valence-corrected chi connectivity index (χ0v) is 25.3. The van der Waals surface area contributed by atoms with Gasteiger partial charge in [0.25, 0.3) is 0 Å². The van der Waals surface area contributed by atoms with Crippen LogP contribution < -0.4 is 0 Å². The topological polar surface area (TPSA) is 59.8 Å². The van der Waals surface area contributed by atoms with Crippen molar-refractivity contribution in [1.82, 2.24) is 4.90 Å². The summed E-state index contributed by atoms with van der Waals surface area (Å²) in [5.41, 5.74) is 4.09. The van der Waals surface area contributed by atoms with Crippen molar-refractivity contribution in [3.05, 3.63) is 76.1 Å². The second-order valence-corrected chi connectivity index (χ2v) is 11.0. The first-order valence-corrected chi connectivity index (χ1v) is 15.1. The second-order valence-electron chi connectivity index (χ2n) is 11.0. The van der Waals surface area contributed by atoms with Gasteiger partial charge in [-0.2, -0.15) is 0 Å². The van der Waals surface area contributed by atoms with Crippen LogP contribution in [0.3, 0.4) is 0 Å². The number of esters is 1. The van der Waals surface area contributed by atoms with E-state index in [0.717, 1.165) is 43.6 Å². The summed E-state index contributed by atoms with van der Waals surface area (Å²) in [7, 11) is 0. The number of furan rings is 1. The third-order valence-electron chi connectivity index (χ3n) is 7.16. The number of rotatable bonds is 16. The number of aryl methyl sites for hydroxylation is 2. The van der Waals surface area contributed by atoms with Gasteiger partial charge in [-0.15, -0.1) is 0 Å². The standard InChI is InChI=1S/C35H47NO4/c1-7-10-15-31-33(30-24-29(35(38)39-25(4)5)26(6)23-32(30)40-31)34(37)28-18-16-27(17-19-28)14-13-22-36(20-11-8-2)21-12-9-3/h13-14,16-19,23-25H,7-12,15,20-22H2,1-6H3/b14-13-. The molecular formula is C35H47NO4. The molecule has 0 N–H and O–H groups in total. The number of carbonyl (C=O) groups excluding carboxylic acids is 2. The van der Waals surface area contributed by atoms with E-state index in [-0.39, 0.29) is 17.9 Å². The van der Waals surface area contributed by atoms with Gasteiger partial charge in [0.2, 0.25) is 0 Å². The van der Waals surface area contributed by atoms with Crippen LogP contribution in [0.1, 0.15) is 116 Å². The molecule has 0 unspecified atom stereocenters. The highest BCUT2D eigenvalue weighted by atomic mass is 16.5. The highest BCUT2D eigenvalue weighted by Crippen LogP contribution is 2.32.